The average Bonchev–Trinajstić information content (AvgIpc) is 2.95. The van der Waals surface area contributed by atoms with E-state index in [4.69, 9.17) is 25.7 Å². The SMILES string of the molecule is C#Cc1cnc2c(ccc3cc(C#C)cnc32)c1.C#Cc1cnc2c(ccc3cc(C#C)cnc32)c1.[Ru]. The summed E-state index contributed by atoms with van der Waals surface area (Å²) in [6.07, 6.45) is 28.2. The van der Waals surface area contributed by atoms with Gasteiger partial charge in [0.1, 0.15) is 0 Å². The van der Waals surface area contributed by atoms with E-state index >= 15 is 0 Å². The molecule has 2 aromatic carbocycles. The van der Waals surface area contributed by atoms with Crippen molar-refractivity contribution in [3.63, 3.8) is 0 Å². The Morgan fingerprint density at radius 1 is 0.405 bits per heavy atom. The van der Waals surface area contributed by atoms with Crippen LogP contribution < -0.4 is 0 Å². The van der Waals surface area contributed by atoms with E-state index in [1.165, 1.54) is 0 Å². The van der Waals surface area contributed by atoms with E-state index in [9.17, 15) is 0 Å². The second kappa shape index (κ2) is 10.7. The van der Waals surface area contributed by atoms with Crippen LogP contribution in [-0.4, -0.2) is 19.9 Å². The monoisotopic (exact) mass is 558 g/mol. The van der Waals surface area contributed by atoms with Gasteiger partial charge in [-0.1, -0.05) is 47.9 Å². The molecule has 5 heteroatoms. The molecule has 0 unspecified atom stereocenters. The van der Waals surface area contributed by atoms with E-state index < -0.39 is 0 Å². The van der Waals surface area contributed by atoms with Crippen LogP contribution in [0.4, 0.5) is 0 Å². The van der Waals surface area contributed by atoms with Gasteiger partial charge in [0, 0.05) is 88.1 Å². The molecule has 0 atom stereocenters. The van der Waals surface area contributed by atoms with E-state index in [1.807, 2.05) is 48.5 Å². The fourth-order valence-corrected chi connectivity index (χ4v) is 3.90. The Kier molecular flexibility index (Phi) is 7.24. The summed E-state index contributed by atoms with van der Waals surface area (Å²) in [4.78, 5) is 17.5. The molecule has 0 aliphatic rings. The number of aromatic nitrogens is 4. The zero-order chi connectivity index (χ0) is 25.1. The van der Waals surface area contributed by atoms with Crippen molar-refractivity contribution in [2.24, 2.45) is 0 Å². The first-order valence-corrected chi connectivity index (χ1v) is 10.9. The van der Waals surface area contributed by atoms with E-state index in [0.29, 0.717) is 0 Å². The van der Waals surface area contributed by atoms with Crippen molar-refractivity contribution in [3.05, 3.63) is 95.6 Å². The third-order valence-electron chi connectivity index (χ3n) is 5.67. The van der Waals surface area contributed by atoms with Crippen molar-refractivity contribution < 1.29 is 19.5 Å². The molecule has 4 aromatic heterocycles. The number of benzene rings is 2. The molecule has 0 aliphatic heterocycles. The Balaban J connectivity index is 0.000000168. The van der Waals surface area contributed by atoms with Crippen LogP contribution in [0.3, 0.4) is 0 Å². The quantitative estimate of drug-likeness (QED) is 0.141. The van der Waals surface area contributed by atoms with Crippen LogP contribution in [0.1, 0.15) is 22.3 Å². The molecule has 6 aromatic rings. The van der Waals surface area contributed by atoms with E-state index in [-0.39, 0.29) is 19.5 Å². The van der Waals surface area contributed by atoms with Crippen LogP contribution in [0.2, 0.25) is 0 Å². The number of nitrogens with zero attached hydrogens (tertiary/aromatic N) is 4. The van der Waals surface area contributed by atoms with Crippen LogP contribution in [-0.2, 0) is 19.5 Å². The molecule has 0 bridgehead atoms. The number of fused-ring (bicyclic) bond motifs is 6. The maximum absolute atomic E-state index is 5.36. The summed E-state index contributed by atoms with van der Waals surface area (Å²) in [5.74, 6) is 10.3. The third-order valence-corrected chi connectivity index (χ3v) is 5.67. The number of pyridine rings is 4. The second-order valence-electron chi connectivity index (χ2n) is 7.89. The minimum Gasteiger partial charge on any atom is -0.253 e. The summed E-state index contributed by atoms with van der Waals surface area (Å²) in [6, 6.07) is 15.6. The molecule has 6 rings (SSSR count). The predicted molar refractivity (Wildman–Crippen MR) is 146 cm³/mol. The normalized spacial score (nSPS) is 9.84. The van der Waals surface area contributed by atoms with Gasteiger partial charge in [-0.15, -0.1) is 25.7 Å². The van der Waals surface area contributed by atoms with Gasteiger partial charge in [0.15, 0.2) is 0 Å². The maximum Gasteiger partial charge on any atom is 0.0965 e. The third kappa shape index (κ3) is 4.87. The molecule has 4 nitrogen and oxygen atoms in total. The Bertz CT molecular complexity index is 1710. The summed E-state index contributed by atoms with van der Waals surface area (Å²) < 4.78 is 0. The van der Waals surface area contributed by atoms with Gasteiger partial charge in [-0.05, 0) is 24.3 Å². The summed E-state index contributed by atoms with van der Waals surface area (Å²) in [5, 5.41) is 3.94. The fourth-order valence-electron chi connectivity index (χ4n) is 3.90. The van der Waals surface area contributed by atoms with E-state index in [2.05, 4.69) is 43.6 Å². The van der Waals surface area contributed by atoms with Gasteiger partial charge in [0.25, 0.3) is 0 Å². The van der Waals surface area contributed by atoms with Crippen molar-refractivity contribution in [1.82, 2.24) is 19.9 Å². The van der Waals surface area contributed by atoms with Crippen molar-refractivity contribution in [1.29, 1.82) is 0 Å². The number of terminal acetylenes is 4. The van der Waals surface area contributed by atoms with Gasteiger partial charge >= 0.3 is 0 Å². The van der Waals surface area contributed by atoms with E-state index in [0.717, 1.165) is 65.9 Å². The number of rotatable bonds is 0. The average molecular weight is 558 g/mol. The largest absolute Gasteiger partial charge is 0.253 e. The number of hydrogen-bond acceptors (Lipinski definition) is 4. The second-order valence-corrected chi connectivity index (χ2v) is 7.89. The smallest absolute Gasteiger partial charge is 0.0965 e. The van der Waals surface area contributed by atoms with Crippen LogP contribution >= 0.6 is 0 Å². The Morgan fingerprint density at radius 2 is 0.622 bits per heavy atom. The van der Waals surface area contributed by atoms with Gasteiger partial charge < -0.3 is 0 Å². The molecule has 172 valence electrons. The van der Waals surface area contributed by atoms with Crippen molar-refractivity contribution >= 4 is 43.6 Å². The Labute approximate surface area is 227 Å². The first-order chi connectivity index (χ1) is 17.6. The Hall–Kier alpha value is -5.06. The molecule has 0 saturated heterocycles. The van der Waals surface area contributed by atoms with Gasteiger partial charge in [-0.3, -0.25) is 19.9 Å². The van der Waals surface area contributed by atoms with Gasteiger partial charge in [0.2, 0.25) is 0 Å². The van der Waals surface area contributed by atoms with Gasteiger partial charge in [-0.2, -0.15) is 0 Å². The molecule has 0 N–H and O–H groups in total. The molecule has 37 heavy (non-hydrogen) atoms. The summed E-state index contributed by atoms with van der Waals surface area (Å²) in [5.41, 5.74) is 6.43. The fraction of sp³-hybridized carbons (Fsp3) is 0. The summed E-state index contributed by atoms with van der Waals surface area (Å²) >= 11 is 0. The van der Waals surface area contributed by atoms with Crippen LogP contribution in [0.25, 0.3) is 43.6 Å². The first kappa shape index (κ1) is 25.0. The molecular formula is C32H16N4Ru. The van der Waals surface area contributed by atoms with E-state index in [1.54, 1.807) is 24.8 Å². The van der Waals surface area contributed by atoms with Crippen LogP contribution in [0.15, 0.2) is 73.3 Å². The standard InChI is InChI=1S/2C16H8N2.Ru/c2*1-3-11-7-13-5-6-14-8-12(4-2)10-18-16(14)15(13)17-9-11;/h2*1-2,5-10H;. The zero-order valence-electron chi connectivity index (χ0n) is 19.4. The van der Waals surface area contributed by atoms with Crippen molar-refractivity contribution in [2.75, 3.05) is 0 Å². The van der Waals surface area contributed by atoms with Gasteiger partial charge in [0.05, 0.1) is 22.1 Å². The molecule has 0 radical (unpaired) electrons. The minimum atomic E-state index is 0. The zero-order valence-corrected chi connectivity index (χ0v) is 21.1. The topological polar surface area (TPSA) is 51.6 Å². The van der Waals surface area contributed by atoms with Crippen LogP contribution in [0, 0.1) is 49.4 Å². The van der Waals surface area contributed by atoms with Crippen molar-refractivity contribution in [2.45, 2.75) is 0 Å². The summed E-state index contributed by atoms with van der Waals surface area (Å²) in [7, 11) is 0. The molecule has 0 saturated carbocycles. The molecule has 0 fully saturated rings. The predicted octanol–water partition coefficient (Wildman–Crippen LogP) is 5.49. The molecule has 4 heterocycles. The number of hydrogen-bond donors (Lipinski definition) is 0. The summed E-state index contributed by atoms with van der Waals surface area (Å²) in [6.45, 7) is 0. The maximum atomic E-state index is 5.36. The van der Waals surface area contributed by atoms with Crippen LogP contribution in [0.5, 0.6) is 0 Å². The van der Waals surface area contributed by atoms with Gasteiger partial charge in [-0.25, -0.2) is 0 Å². The molecular weight excluding hydrogens is 541 g/mol. The molecule has 0 aliphatic carbocycles. The Morgan fingerprint density at radius 3 is 0.811 bits per heavy atom. The first-order valence-electron chi connectivity index (χ1n) is 10.9. The van der Waals surface area contributed by atoms with Crippen molar-refractivity contribution in [3.8, 4) is 49.4 Å². The minimum absolute atomic E-state index is 0. The molecule has 0 spiro atoms. The molecule has 0 amide bonds.